The number of nitrogens with one attached hydrogen (secondary N) is 2. The van der Waals surface area contributed by atoms with Crippen molar-refractivity contribution in [3.05, 3.63) is 96.7 Å². The van der Waals surface area contributed by atoms with E-state index in [1.165, 1.54) is 23.9 Å². The van der Waals surface area contributed by atoms with Crippen LogP contribution in [-0.2, 0) is 0 Å². The molecule has 1 aliphatic heterocycles. The lowest BCUT2D eigenvalue weighted by Crippen LogP contribution is -2.14. The summed E-state index contributed by atoms with van der Waals surface area (Å²) in [5, 5.41) is 18.8. The number of aromatic hydroxyl groups is 1. The zero-order chi connectivity index (χ0) is 22.8. The molecule has 0 radical (unpaired) electrons. The number of phenols is 1. The number of fused-ring (bicyclic) bond motifs is 3. The first-order chi connectivity index (χ1) is 16.2. The van der Waals surface area contributed by atoms with Crippen LogP contribution >= 0.6 is 0 Å². The topological polar surface area (TPSA) is 73.8 Å². The third kappa shape index (κ3) is 3.83. The zero-order valence-corrected chi connectivity index (χ0v) is 18.1. The molecule has 0 atom stereocenters. The highest BCUT2D eigenvalue weighted by molar-refractivity contribution is 6.08. The van der Waals surface area contributed by atoms with Crippen molar-refractivity contribution in [1.82, 2.24) is 0 Å². The van der Waals surface area contributed by atoms with Crippen LogP contribution < -0.4 is 20.3 Å². The van der Waals surface area contributed by atoms with Crippen LogP contribution in [0.5, 0.6) is 11.5 Å². The SMILES string of the molecule is COc1cccc(O)c1C(=O)Nc1ccc(N2C=CCNc3c2ccc2ccccc32)cc1. The van der Waals surface area contributed by atoms with E-state index in [0.29, 0.717) is 11.4 Å². The Morgan fingerprint density at radius 3 is 2.64 bits per heavy atom. The number of carbonyl (C=O) groups is 1. The predicted octanol–water partition coefficient (Wildman–Crippen LogP) is 5.88. The lowest BCUT2D eigenvalue weighted by Gasteiger charge is -2.23. The highest BCUT2D eigenvalue weighted by Crippen LogP contribution is 2.39. The number of benzene rings is 4. The van der Waals surface area contributed by atoms with Crippen molar-refractivity contribution in [2.45, 2.75) is 0 Å². The Labute approximate surface area is 191 Å². The number of hydrogen-bond donors (Lipinski definition) is 3. The van der Waals surface area contributed by atoms with Gasteiger partial charge in [-0.2, -0.15) is 0 Å². The number of ether oxygens (including phenoxy) is 1. The molecule has 6 heteroatoms. The molecule has 0 saturated carbocycles. The smallest absolute Gasteiger partial charge is 0.263 e. The molecule has 0 aromatic heterocycles. The number of amides is 1. The van der Waals surface area contributed by atoms with E-state index in [1.807, 2.05) is 42.6 Å². The summed E-state index contributed by atoms with van der Waals surface area (Å²) >= 11 is 0. The molecule has 0 aliphatic carbocycles. The number of anilines is 4. The Hall–Kier alpha value is -4.45. The van der Waals surface area contributed by atoms with Crippen LogP contribution in [-0.4, -0.2) is 24.7 Å². The van der Waals surface area contributed by atoms with Crippen molar-refractivity contribution in [3.63, 3.8) is 0 Å². The predicted molar refractivity (Wildman–Crippen MR) is 133 cm³/mol. The second-order valence-corrected chi connectivity index (χ2v) is 7.67. The molecule has 0 fully saturated rings. The maximum atomic E-state index is 12.8. The van der Waals surface area contributed by atoms with E-state index in [1.54, 1.807) is 12.1 Å². The second kappa shape index (κ2) is 8.59. The molecule has 1 amide bonds. The number of carbonyl (C=O) groups excluding carboxylic acids is 1. The fourth-order valence-electron chi connectivity index (χ4n) is 4.09. The molecule has 0 unspecified atom stereocenters. The molecule has 5 rings (SSSR count). The van der Waals surface area contributed by atoms with E-state index in [0.717, 1.165) is 23.6 Å². The summed E-state index contributed by atoms with van der Waals surface area (Å²) in [6.45, 7) is 0.730. The molecular weight excluding hydrogens is 414 g/mol. The number of nitrogens with zero attached hydrogens (tertiary/aromatic N) is 1. The minimum Gasteiger partial charge on any atom is -0.507 e. The average Bonchev–Trinajstić information content (AvgIpc) is 3.07. The van der Waals surface area contributed by atoms with Gasteiger partial charge in [-0.3, -0.25) is 4.79 Å². The van der Waals surface area contributed by atoms with Gasteiger partial charge in [-0.15, -0.1) is 0 Å². The average molecular weight is 437 g/mol. The molecule has 0 bridgehead atoms. The normalized spacial score (nSPS) is 12.6. The van der Waals surface area contributed by atoms with Crippen molar-refractivity contribution in [2.24, 2.45) is 0 Å². The summed E-state index contributed by atoms with van der Waals surface area (Å²) in [7, 11) is 1.46. The van der Waals surface area contributed by atoms with Crippen molar-refractivity contribution in [3.8, 4) is 11.5 Å². The minimum atomic E-state index is -0.437. The van der Waals surface area contributed by atoms with Crippen LogP contribution in [0.3, 0.4) is 0 Å². The first-order valence-electron chi connectivity index (χ1n) is 10.6. The molecule has 6 nitrogen and oxygen atoms in total. The van der Waals surface area contributed by atoms with E-state index in [2.05, 4.69) is 45.9 Å². The first-order valence-corrected chi connectivity index (χ1v) is 10.6. The lowest BCUT2D eigenvalue weighted by molar-refractivity contribution is 0.102. The van der Waals surface area contributed by atoms with Crippen LogP contribution in [0.15, 0.2) is 91.1 Å². The summed E-state index contributed by atoms with van der Waals surface area (Å²) in [4.78, 5) is 14.9. The van der Waals surface area contributed by atoms with Crippen LogP contribution in [0.2, 0.25) is 0 Å². The summed E-state index contributed by atoms with van der Waals surface area (Å²) in [6.07, 6.45) is 4.13. The Kier molecular flexibility index (Phi) is 5.32. The van der Waals surface area contributed by atoms with Gasteiger partial charge >= 0.3 is 0 Å². The van der Waals surface area contributed by atoms with E-state index >= 15 is 0 Å². The fourth-order valence-corrected chi connectivity index (χ4v) is 4.09. The molecule has 1 aliphatic rings. The van der Waals surface area contributed by atoms with Crippen molar-refractivity contribution in [1.29, 1.82) is 0 Å². The Morgan fingerprint density at radius 1 is 1.00 bits per heavy atom. The molecule has 164 valence electrons. The molecule has 1 heterocycles. The Morgan fingerprint density at radius 2 is 1.82 bits per heavy atom. The highest BCUT2D eigenvalue weighted by atomic mass is 16.5. The van der Waals surface area contributed by atoms with Gasteiger partial charge in [0.25, 0.3) is 5.91 Å². The highest BCUT2D eigenvalue weighted by Gasteiger charge is 2.19. The van der Waals surface area contributed by atoms with Gasteiger partial charge in [0.1, 0.15) is 17.1 Å². The molecule has 0 saturated heterocycles. The van der Waals surface area contributed by atoms with E-state index < -0.39 is 5.91 Å². The first kappa shape index (κ1) is 20.5. The summed E-state index contributed by atoms with van der Waals surface area (Å²) in [5.41, 5.74) is 3.82. The van der Waals surface area contributed by atoms with Gasteiger partial charge in [-0.1, -0.05) is 36.4 Å². The van der Waals surface area contributed by atoms with Gasteiger partial charge in [0.15, 0.2) is 0 Å². The lowest BCUT2D eigenvalue weighted by atomic mass is 10.1. The number of methoxy groups -OCH3 is 1. The fraction of sp³-hybridized carbons (Fsp3) is 0.0741. The van der Waals surface area contributed by atoms with Crippen molar-refractivity contribution in [2.75, 3.05) is 29.2 Å². The van der Waals surface area contributed by atoms with Gasteiger partial charge in [-0.25, -0.2) is 0 Å². The molecule has 33 heavy (non-hydrogen) atoms. The second-order valence-electron chi connectivity index (χ2n) is 7.67. The number of phenolic OH excluding ortho intramolecular Hbond substituents is 1. The van der Waals surface area contributed by atoms with Crippen LogP contribution in [0.25, 0.3) is 10.8 Å². The van der Waals surface area contributed by atoms with Gasteiger partial charge in [0.2, 0.25) is 0 Å². The number of rotatable bonds is 4. The summed E-state index contributed by atoms with van der Waals surface area (Å²) < 4.78 is 5.22. The third-order valence-electron chi connectivity index (χ3n) is 5.67. The standard InChI is InChI=1S/C27H23N3O3/c1-33-24-9-4-8-23(31)25(24)27(32)29-19-11-13-20(14-12-19)30-17-5-16-28-26-21-7-3-2-6-18(21)10-15-22(26)30/h2-15,17,28,31H,16H2,1H3,(H,29,32). The van der Waals surface area contributed by atoms with E-state index in [4.69, 9.17) is 4.74 Å². The van der Waals surface area contributed by atoms with Crippen LogP contribution in [0.4, 0.5) is 22.7 Å². The van der Waals surface area contributed by atoms with Gasteiger partial charge in [0.05, 0.1) is 18.5 Å². The Bertz CT molecular complexity index is 1360. The van der Waals surface area contributed by atoms with Crippen molar-refractivity contribution < 1.29 is 14.6 Å². The summed E-state index contributed by atoms with van der Waals surface area (Å²) in [5.74, 6) is -0.252. The molecule has 3 N–H and O–H groups in total. The van der Waals surface area contributed by atoms with Gasteiger partial charge in [-0.05, 0) is 53.9 Å². The zero-order valence-electron chi connectivity index (χ0n) is 18.1. The maximum absolute atomic E-state index is 12.8. The van der Waals surface area contributed by atoms with Gasteiger partial charge < -0.3 is 25.4 Å². The quantitative estimate of drug-likeness (QED) is 0.372. The largest absolute Gasteiger partial charge is 0.507 e. The van der Waals surface area contributed by atoms with E-state index in [9.17, 15) is 9.90 Å². The monoisotopic (exact) mass is 437 g/mol. The third-order valence-corrected chi connectivity index (χ3v) is 5.67. The Balaban J connectivity index is 1.44. The van der Waals surface area contributed by atoms with Crippen LogP contribution in [0, 0.1) is 0 Å². The minimum absolute atomic E-state index is 0.103. The molecule has 4 aromatic rings. The molecule has 4 aromatic carbocycles. The maximum Gasteiger partial charge on any atom is 0.263 e. The molecule has 0 spiro atoms. The van der Waals surface area contributed by atoms with Crippen LogP contribution in [0.1, 0.15) is 10.4 Å². The van der Waals surface area contributed by atoms with Gasteiger partial charge in [0, 0.05) is 29.5 Å². The van der Waals surface area contributed by atoms with E-state index in [-0.39, 0.29) is 11.3 Å². The molecular formula is C27H23N3O3. The van der Waals surface area contributed by atoms with Crippen molar-refractivity contribution >= 4 is 39.4 Å². The number of hydrogen-bond acceptors (Lipinski definition) is 5. The summed E-state index contributed by atoms with van der Waals surface area (Å²) in [6, 6.07) is 24.9.